The van der Waals surface area contributed by atoms with E-state index in [-0.39, 0.29) is 0 Å². The van der Waals surface area contributed by atoms with E-state index in [1.54, 1.807) is 0 Å². The Labute approximate surface area is 90.7 Å². The normalized spacial score (nSPS) is 16.6. The quantitative estimate of drug-likeness (QED) is 0.745. The van der Waals surface area contributed by atoms with Gasteiger partial charge in [0.1, 0.15) is 0 Å². The highest BCUT2D eigenvalue weighted by Crippen LogP contribution is 2.27. The van der Waals surface area contributed by atoms with Crippen molar-refractivity contribution in [3.63, 3.8) is 0 Å². The van der Waals surface area contributed by atoms with Gasteiger partial charge in [-0.1, -0.05) is 25.9 Å². The van der Waals surface area contributed by atoms with Gasteiger partial charge in [0.05, 0.1) is 6.54 Å². The van der Waals surface area contributed by atoms with Crippen LogP contribution in [0.1, 0.15) is 51.2 Å². The molecule has 84 valence electrons. The lowest BCUT2D eigenvalue weighted by atomic mass is 10.2. The molecular formula is C11H19N3O. The average Bonchev–Trinajstić information content (AvgIpc) is 2.94. The van der Waals surface area contributed by atoms with E-state index in [0.29, 0.717) is 5.92 Å². The zero-order chi connectivity index (χ0) is 10.8. The Balaban J connectivity index is 1.96. The fourth-order valence-electron chi connectivity index (χ4n) is 1.69. The van der Waals surface area contributed by atoms with E-state index in [4.69, 9.17) is 4.52 Å². The van der Waals surface area contributed by atoms with Gasteiger partial charge in [-0.05, 0) is 19.4 Å². The summed E-state index contributed by atoms with van der Waals surface area (Å²) in [5.41, 5.74) is 0. The Bertz CT molecular complexity index is 317. The lowest BCUT2D eigenvalue weighted by Crippen LogP contribution is -2.25. The van der Waals surface area contributed by atoms with E-state index in [0.717, 1.165) is 30.8 Å². The topological polar surface area (TPSA) is 42.2 Å². The Morgan fingerprint density at radius 3 is 2.67 bits per heavy atom. The molecule has 2 rings (SSSR count). The fraction of sp³-hybridized carbons (Fsp3) is 0.818. The van der Waals surface area contributed by atoms with Crippen molar-refractivity contribution in [3.05, 3.63) is 11.7 Å². The molecule has 4 nitrogen and oxygen atoms in total. The second-order valence-electron chi connectivity index (χ2n) is 4.50. The van der Waals surface area contributed by atoms with E-state index < -0.39 is 0 Å². The highest BCUT2D eigenvalue weighted by atomic mass is 16.5. The number of aromatic nitrogens is 2. The molecule has 0 unspecified atom stereocenters. The van der Waals surface area contributed by atoms with E-state index in [1.807, 2.05) is 0 Å². The predicted octanol–water partition coefficient (Wildman–Crippen LogP) is 2.18. The molecular weight excluding hydrogens is 190 g/mol. The van der Waals surface area contributed by atoms with Crippen LogP contribution < -0.4 is 0 Å². The summed E-state index contributed by atoms with van der Waals surface area (Å²) in [7, 11) is 0. The summed E-state index contributed by atoms with van der Waals surface area (Å²) in [5, 5.41) is 4.01. The first-order valence-electron chi connectivity index (χ1n) is 5.77. The molecule has 0 amide bonds. The van der Waals surface area contributed by atoms with E-state index >= 15 is 0 Å². The number of nitrogens with zero attached hydrogens (tertiary/aromatic N) is 3. The minimum absolute atomic E-state index is 0.322. The van der Waals surface area contributed by atoms with Crippen molar-refractivity contribution in [2.24, 2.45) is 0 Å². The van der Waals surface area contributed by atoms with Crippen molar-refractivity contribution in [2.75, 3.05) is 6.54 Å². The van der Waals surface area contributed by atoms with Gasteiger partial charge < -0.3 is 4.52 Å². The van der Waals surface area contributed by atoms with Crippen molar-refractivity contribution < 1.29 is 4.52 Å². The molecule has 15 heavy (non-hydrogen) atoms. The smallest absolute Gasteiger partial charge is 0.229 e. The van der Waals surface area contributed by atoms with Gasteiger partial charge in [0.25, 0.3) is 0 Å². The summed E-state index contributed by atoms with van der Waals surface area (Å²) in [6.07, 6.45) is 2.64. The molecule has 0 saturated heterocycles. The van der Waals surface area contributed by atoms with E-state index in [9.17, 15) is 0 Å². The van der Waals surface area contributed by atoms with Crippen LogP contribution in [-0.4, -0.2) is 27.6 Å². The molecule has 1 aliphatic rings. The molecule has 0 aliphatic heterocycles. The summed E-state index contributed by atoms with van der Waals surface area (Å²) in [6, 6.07) is 0.760. The minimum atomic E-state index is 0.322. The maximum absolute atomic E-state index is 5.18. The van der Waals surface area contributed by atoms with Crippen LogP contribution in [0, 0.1) is 0 Å². The Morgan fingerprint density at radius 1 is 1.47 bits per heavy atom. The first-order valence-corrected chi connectivity index (χ1v) is 5.77. The van der Waals surface area contributed by atoms with Crippen LogP contribution in [0.5, 0.6) is 0 Å². The largest absolute Gasteiger partial charge is 0.339 e. The van der Waals surface area contributed by atoms with Crippen LogP contribution in [0.2, 0.25) is 0 Å². The van der Waals surface area contributed by atoms with Crippen LogP contribution in [0.15, 0.2) is 4.52 Å². The molecule has 1 saturated carbocycles. The zero-order valence-electron chi connectivity index (χ0n) is 9.73. The van der Waals surface area contributed by atoms with Gasteiger partial charge in [0.2, 0.25) is 5.89 Å². The molecule has 0 atom stereocenters. The third-order valence-corrected chi connectivity index (χ3v) is 2.79. The van der Waals surface area contributed by atoms with Crippen LogP contribution in [0.4, 0.5) is 0 Å². The molecule has 0 spiro atoms. The molecule has 1 aromatic rings. The maximum atomic E-state index is 5.18. The number of hydrogen-bond acceptors (Lipinski definition) is 4. The molecule has 0 N–H and O–H groups in total. The first-order chi connectivity index (χ1) is 7.20. The van der Waals surface area contributed by atoms with Crippen molar-refractivity contribution in [1.29, 1.82) is 0 Å². The summed E-state index contributed by atoms with van der Waals surface area (Å²) in [4.78, 5) is 6.80. The lowest BCUT2D eigenvalue weighted by molar-refractivity contribution is 0.256. The SMILES string of the molecule is CCN(Cc1noc(C(C)C)n1)C1CC1. The van der Waals surface area contributed by atoms with E-state index in [1.165, 1.54) is 12.8 Å². The molecule has 0 aromatic carbocycles. The molecule has 1 aromatic heterocycles. The fourth-order valence-corrected chi connectivity index (χ4v) is 1.69. The van der Waals surface area contributed by atoms with E-state index in [2.05, 4.69) is 35.8 Å². The van der Waals surface area contributed by atoms with Crippen LogP contribution >= 0.6 is 0 Å². The van der Waals surface area contributed by atoms with Crippen LogP contribution in [0.25, 0.3) is 0 Å². The Morgan fingerprint density at radius 2 is 2.20 bits per heavy atom. The van der Waals surface area contributed by atoms with Gasteiger partial charge in [-0.3, -0.25) is 4.90 Å². The van der Waals surface area contributed by atoms with Crippen molar-refractivity contribution >= 4 is 0 Å². The summed E-state index contributed by atoms with van der Waals surface area (Å²) >= 11 is 0. The second-order valence-corrected chi connectivity index (χ2v) is 4.50. The Kier molecular flexibility index (Phi) is 3.05. The highest BCUT2D eigenvalue weighted by molar-refractivity contribution is 4.93. The monoisotopic (exact) mass is 209 g/mol. The maximum Gasteiger partial charge on any atom is 0.229 e. The average molecular weight is 209 g/mol. The standard InChI is InChI=1S/C11H19N3O/c1-4-14(9-5-6-9)7-10-12-11(8(2)3)15-13-10/h8-9H,4-7H2,1-3H3. The molecule has 1 aliphatic carbocycles. The Hall–Kier alpha value is -0.900. The molecule has 0 bridgehead atoms. The van der Waals surface area contributed by atoms with Gasteiger partial charge in [-0.2, -0.15) is 4.98 Å². The molecule has 0 radical (unpaired) electrons. The highest BCUT2D eigenvalue weighted by Gasteiger charge is 2.28. The summed E-state index contributed by atoms with van der Waals surface area (Å²) in [6.45, 7) is 8.21. The minimum Gasteiger partial charge on any atom is -0.339 e. The predicted molar refractivity (Wildman–Crippen MR) is 57.5 cm³/mol. The molecule has 1 heterocycles. The summed E-state index contributed by atoms with van der Waals surface area (Å²) in [5.74, 6) is 1.89. The van der Waals surface area contributed by atoms with Gasteiger partial charge in [0.15, 0.2) is 5.82 Å². The van der Waals surface area contributed by atoms with Crippen LogP contribution in [-0.2, 0) is 6.54 Å². The molecule has 4 heteroatoms. The first kappa shape index (κ1) is 10.6. The van der Waals surface area contributed by atoms with Gasteiger partial charge >= 0.3 is 0 Å². The van der Waals surface area contributed by atoms with Gasteiger partial charge in [0, 0.05) is 12.0 Å². The lowest BCUT2D eigenvalue weighted by Gasteiger charge is -2.16. The van der Waals surface area contributed by atoms with Gasteiger partial charge in [-0.15, -0.1) is 0 Å². The van der Waals surface area contributed by atoms with Crippen molar-refractivity contribution in [1.82, 2.24) is 15.0 Å². The number of hydrogen-bond donors (Lipinski definition) is 0. The third-order valence-electron chi connectivity index (χ3n) is 2.79. The number of rotatable bonds is 5. The summed E-state index contributed by atoms with van der Waals surface area (Å²) < 4.78 is 5.18. The molecule has 1 fully saturated rings. The van der Waals surface area contributed by atoms with Crippen molar-refractivity contribution in [3.8, 4) is 0 Å². The van der Waals surface area contributed by atoms with Crippen molar-refractivity contribution in [2.45, 2.75) is 52.1 Å². The zero-order valence-corrected chi connectivity index (χ0v) is 9.73. The second kappa shape index (κ2) is 4.31. The van der Waals surface area contributed by atoms with Crippen LogP contribution in [0.3, 0.4) is 0 Å². The van der Waals surface area contributed by atoms with Gasteiger partial charge in [-0.25, -0.2) is 0 Å². The third kappa shape index (κ3) is 2.56.